The molecule has 3 N–H and O–H groups in total. The van der Waals surface area contributed by atoms with Crippen molar-refractivity contribution in [3.8, 4) is 0 Å². The summed E-state index contributed by atoms with van der Waals surface area (Å²) in [6.07, 6.45) is 2.30. The third-order valence-corrected chi connectivity index (χ3v) is 2.43. The Kier molecular flexibility index (Phi) is 3.62. The predicted molar refractivity (Wildman–Crippen MR) is 68.0 cm³/mol. The van der Waals surface area contributed by atoms with Crippen LogP contribution in [0.3, 0.4) is 0 Å². The molecule has 96 valence electrons. The molecule has 17 heavy (non-hydrogen) atoms. The molecule has 0 aromatic carbocycles. The number of nitrogens with zero attached hydrogens (tertiary/aromatic N) is 1. The first-order valence-corrected chi connectivity index (χ1v) is 5.68. The maximum atomic E-state index is 11.6. The van der Waals surface area contributed by atoms with E-state index in [0.29, 0.717) is 6.54 Å². The van der Waals surface area contributed by atoms with E-state index in [-0.39, 0.29) is 22.2 Å². The number of nitrogens with two attached hydrogens (primary N) is 1. The lowest BCUT2D eigenvalue weighted by Crippen LogP contribution is -2.41. The molecule has 0 amide bonds. The van der Waals surface area contributed by atoms with Crippen LogP contribution < -0.4 is 17.0 Å². The predicted octanol–water partition coefficient (Wildman–Crippen LogP) is 0.690. The molecule has 0 radical (unpaired) electrons. The molecule has 0 atom stereocenters. The molecular weight excluding hydrogens is 218 g/mol. The molecule has 0 aliphatic heterocycles. The van der Waals surface area contributed by atoms with E-state index in [1.807, 2.05) is 13.8 Å². The minimum atomic E-state index is -0.375. The van der Waals surface area contributed by atoms with Crippen LogP contribution in [0.5, 0.6) is 0 Å². The molecule has 0 unspecified atom stereocenters. The van der Waals surface area contributed by atoms with Gasteiger partial charge in [0.25, 0.3) is 5.56 Å². The van der Waals surface area contributed by atoms with Crippen molar-refractivity contribution in [1.82, 2.24) is 9.55 Å². The molecule has 1 heterocycles. The van der Waals surface area contributed by atoms with E-state index in [0.717, 1.165) is 6.42 Å². The highest BCUT2D eigenvalue weighted by Gasteiger charge is 2.26. The molecule has 0 spiro atoms. The maximum Gasteiger partial charge on any atom is 0.328 e. The van der Waals surface area contributed by atoms with Crippen molar-refractivity contribution >= 4 is 0 Å². The molecule has 0 bridgehead atoms. The summed E-state index contributed by atoms with van der Waals surface area (Å²) in [5.41, 5.74) is 4.85. The molecule has 1 aromatic rings. The number of H-pyrrole nitrogens is 1. The first kappa shape index (κ1) is 13.7. The monoisotopic (exact) mass is 239 g/mol. The van der Waals surface area contributed by atoms with Crippen LogP contribution in [0.4, 0.5) is 0 Å². The maximum absolute atomic E-state index is 11.6. The molecule has 5 nitrogen and oxygen atoms in total. The average molecular weight is 239 g/mol. The van der Waals surface area contributed by atoms with Crippen LogP contribution in [0.15, 0.2) is 21.9 Å². The van der Waals surface area contributed by atoms with Gasteiger partial charge in [0, 0.05) is 24.3 Å². The van der Waals surface area contributed by atoms with E-state index in [2.05, 4.69) is 18.8 Å². The normalized spacial score (nSPS) is 12.8. The van der Waals surface area contributed by atoms with Gasteiger partial charge in [0.05, 0.1) is 0 Å². The summed E-state index contributed by atoms with van der Waals surface area (Å²) >= 11 is 0. The van der Waals surface area contributed by atoms with Crippen molar-refractivity contribution in [2.45, 2.75) is 46.2 Å². The number of rotatable bonds is 4. The van der Waals surface area contributed by atoms with E-state index in [9.17, 15) is 9.59 Å². The fourth-order valence-corrected chi connectivity index (χ4v) is 2.32. The first-order valence-electron chi connectivity index (χ1n) is 5.68. The van der Waals surface area contributed by atoms with Crippen LogP contribution in [0.1, 0.15) is 34.1 Å². The van der Waals surface area contributed by atoms with Gasteiger partial charge in [-0.05, 0) is 25.7 Å². The Morgan fingerprint density at radius 2 is 1.88 bits per heavy atom. The number of aromatic amines is 1. The lowest BCUT2D eigenvalue weighted by atomic mass is 9.80. The number of hydrogen-bond donors (Lipinski definition) is 2. The van der Waals surface area contributed by atoms with Crippen molar-refractivity contribution in [2.75, 3.05) is 0 Å². The van der Waals surface area contributed by atoms with E-state index >= 15 is 0 Å². The summed E-state index contributed by atoms with van der Waals surface area (Å²) < 4.78 is 1.51. The SMILES string of the molecule is CC(C)(N)CC(C)(C)Cn1ccc(=O)[nH]c1=O. The quantitative estimate of drug-likeness (QED) is 0.811. The van der Waals surface area contributed by atoms with Gasteiger partial charge in [0.2, 0.25) is 0 Å². The average Bonchev–Trinajstić information content (AvgIpc) is 2.05. The second-order valence-electron chi connectivity index (χ2n) is 6.07. The molecule has 0 saturated carbocycles. The van der Waals surface area contributed by atoms with Crippen molar-refractivity contribution in [2.24, 2.45) is 11.1 Å². The first-order chi connectivity index (χ1) is 7.59. The van der Waals surface area contributed by atoms with Gasteiger partial charge in [-0.15, -0.1) is 0 Å². The van der Waals surface area contributed by atoms with Crippen LogP contribution in [0, 0.1) is 5.41 Å². The molecule has 0 aliphatic carbocycles. The van der Waals surface area contributed by atoms with E-state index < -0.39 is 0 Å². The summed E-state index contributed by atoms with van der Waals surface area (Å²) in [6.45, 7) is 8.57. The highest BCUT2D eigenvalue weighted by Crippen LogP contribution is 2.27. The molecule has 0 saturated heterocycles. The minimum absolute atomic E-state index is 0.111. The zero-order valence-electron chi connectivity index (χ0n) is 10.9. The van der Waals surface area contributed by atoms with Crippen molar-refractivity contribution in [1.29, 1.82) is 0 Å². The molecular formula is C12H21N3O2. The van der Waals surface area contributed by atoms with Crippen LogP contribution in [-0.4, -0.2) is 15.1 Å². The van der Waals surface area contributed by atoms with Gasteiger partial charge in [0.15, 0.2) is 0 Å². The largest absolute Gasteiger partial charge is 0.328 e. The van der Waals surface area contributed by atoms with Gasteiger partial charge < -0.3 is 10.3 Å². The van der Waals surface area contributed by atoms with Gasteiger partial charge in [-0.1, -0.05) is 13.8 Å². The Morgan fingerprint density at radius 3 is 2.35 bits per heavy atom. The van der Waals surface area contributed by atoms with Crippen molar-refractivity contribution < 1.29 is 0 Å². The number of aromatic nitrogens is 2. The van der Waals surface area contributed by atoms with E-state index in [1.54, 1.807) is 0 Å². The molecule has 0 aliphatic rings. The highest BCUT2D eigenvalue weighted by atomic mass is 16.2. The minimum Gasteiger partial charge on any atom is -0.326 e. The Bertz CT molecular complexity index is 491. The third kappa shape index (κ3) is 4.56. The zero-order valence-corrected chi connectivity index (χ0v) is 10.9. The fraction of sp³-hybridized carbons (Fsp3) is 0.667. The Labute approximate surface area is 101 Å². The number of hydrogen-bond acceptors (Lipinski definition) is 3. The lowest BCUT2D eigenvalue weighted by Gasteiger charge is -2.32. The van der Waals surface area contributed by atoms with Crippen molar-refractivity contribution in [3.05, 3.63) is 33.1 Å². The highest BCUT2D eigenvalue weighted by molar-refractivity contribution is 4.87. The summed E-state index contributed by atoms with van der Waals surface area (Å²) in [5.74, 6) is 0. The van der Waals surface area contributed by atoms with Gasteiger partial charge in [-0.25, -0.2) is 4.79 Å². The van der Waals surface area contributed by atoms with E-state index in [1.165, 1.54) is 16.8 Å². The Morgan fingerprint density at radius 1 is 1.29 bits per heavy atom. The molecule has 1 aromatic heterocycles. The topological polar surface area (TPSA) is 80.9 Å². The summed E-state index contributed by atoms with van der Waals surface area (Å²) in [6, 6.07) is 1.35. The Balaban J connectivity index is 2.90. The second-order valence-corrected chi connectivity index (χ2v) is 6.07. The second kappa shape index (κ2) is 4.49. The lowest BCUT2D eigenvalue weighted by molar-refractivity contribution is 0.221. The van der Waals surface area contributed by atoms with Gasteiger partial charge >= 0.3 is 5.69 Å². The molecule has 5 heteroatoms. The summed E-state index contributed by atoms with van der Waals surface area (Å²) in [7, 11) is 0. The third-order valence-electron chi connectivity index (χ3n) is 2.43. The smallest absolute Gasteiger partial charge is 0.326 e. The zero-order chi connectivity index (χ0) is 13.3. The van der Waals surface area contributed by atoms with Crippen LogP contribution in [-0.2, 0) is 6.54 Å². The van der Waals surface area contributed by atoms with Gasteiger partial charge in [-0.3, -0.25) is 9.78 Å². The standard InChI is InChI=1S/C12H21N3O2/c1-11(2,7-12(3,4)13)8-15-6-5-9(16)14-10(15)17/h5-6H,7-8,13H2,1-4H3,(H,14,16,17). The summed E-state index contributed by atoms with van der Waals surface area (Å²) in [4.78, 5) is 24.8. The number of nitrogens with one attached hydrogen (secondary N) is 1. The van der Waals surface area contributed by atoms with Crippen LogP contribution in [0.2, 0.25) is 0 Å². The summed E-state index contributed by atoms with van der Waals surface area (Å²) in [5, 5.41) is 0. The van der Waals surface area contributed by atoms with Crippen molar-refractivity contribution in [3.63, 3.8) is 0 Å². The van der Waals surface area contributed by atoms with E-state index in [4.69, 9.17) is 5.73 Å². The molecule has 0 fully saturated rings. The molecule has 1 rings (SSSR count). The van der Waals surface area contributed by atoms with Gasteiger partial charge in [-0.2, -0.15) is 0 Å². The Hall–Kier alpha value is -1.36. The fourth-order valence-electron chi connectivity index (χ4n) is 2.32. The van der Waals surface area contributed by atoms with Crippen LogP contribution >= 0.6 is 0 Å². The van der Waals surface area contributed by atoms with Crippen LogP contribution in [0.25, 0.3) is 0 Å². The van der Waals surface area contributed by atoms with Gasteiger partial charge in [0.1, 0.15) is 0 Å².